The van der Waals surface area contributed by atoms with Gasteiger partial charge in [0.25, 0.3) is 0 Å². The summed E-state index contributed by atoms with van der Waals surface area (Å²) in [6, 6.07) is 6.02. The number of aryl methyl sites for hydroxylation is 3. The van der Waals surface area contributed by atoms with E-state index in [0.717, 1.165) is 36.0 Å². The quantitative estimate of drug-likeness (QED) is 0.769. The van der Waals surface area contributed by atoms with Crippen LogP contribution in [0.25, 0.3) is 0 Å². The standard InChI is InChI=1S/C23H35NO3S/c1-22(2,3)18-12-16(13-19(21(18)25)23(4,5)6)10-9-11-17-14-20(24(7)15-17)28(8,26)27/h12-15,25H,9-11H2,1-8H3. The van der Waals surface area contributed by atoms with E-state index in [1.54, 1.807) is 17.7 Å². The largest absolute Gasteiger partial charge is 0.507 e. The number of aromatic nitrogens is 1. The molecule has 0 spiro atoms. The molecular weight excluding hydrogens is 370 g/mol. The van der Waals surface area contributed by atoms with E-state index in [1.165, 1.54) is 11.8 Å². The first-order chi connectivity index (χ1) is 12.6. The molecule has 0 saturated heterocycles. The molecule has 0 radical (unpaired) electrons. The molecule has 1 N–H and O–H groups in total. The Balaban J connectivity index is 2.25. The highest BCUT2D eigenvalue weighted by Gasteiger charge is 2.26. The zero-order chi connectivity index (χ0) is 21.5. The molecule has 0 saturated carbocycles. The Kier molecular flexibility index (Phi) is 6.10. The highest BCUT2D eigenvalue weighted by atomic mass is 32.2. The number of phenols is 1. The number of benzene rings is 1. The Morgan fingerprint density at radius 2 is 1.36 bits per heavy atom. The Hall–Kier alpha value is -1.75. The number of hydrogen-bond acceptors (Lipinski definition) is 3. The average molecular weight is 406 g/mol. The molecular formula is C23H35NO3S. The summed E-state index contributed by atoms with van der Waals surface area (Å²) >= 11 is 0. The molecule has 0 aliphatic rings. The predicted molar refractivity (Wildman–Crippen MR) is 116 cm³/mol. The fourth-order valence-electron chi connectivity index (χ4n) is 3.59. The van der Waals surface area contributed by atoms with Crippen molar-refractivity contribution in [3.63, 3.8) is 0 Å². The SMILES string of the molecule is Cn1cc(CCCc2cc(C(C)(C)C)c(O)c(C(C)(C)C)c2)cc1S(C)(=O)=O. The van der Waals surface area contributed by atoms with Crippen LogP contribution in [-0.2, 0) is 40.6 Å². The average Bonchev–Trinajstić information content (AvgIpc) is 2.87. The van der Waals surface area contributed by atoms with Crippen LogP contribution in [0.2, 0.25) is 0 Å². The summed E-state index contributed by atoms with van der Waals surface area (Å²) in [5.74, 6) is 0.407. The summed E-state index contributed by atoms with van der Waals surface area (Å²) in [4.78, 5) is 0. The number of hydrogen-bond donors (Lipinski definition) is 1. The number of aromatic hydroxyl groups is 1. The molecule has 0 aliphatic heterocycles. The van der Waals surface area contributed by atoms with Crippen molar-refractivity contribution in [2.45, 2.75) is 76.7 Å². The Bertz CT molecular complexity index is 920. The van der Waals surface area contributed by atoms with Gasteiger partial charge in [0.15, 0.2) is 9.84 Å². The highest BCUT2D eigenvalue weighted by Crippen LogP contribution is 2.40. The summed E-state index contributed by atoms with van der Waals surface area (Å²) in [5, 5.41) is 11.2. The third-order valence-electron chi connectivity index (χ3n) is 5.11. The van der Waals surface area contributed by atoms with E-state index >= 15 is 0 Å². The van der Waals surface area contributed by atoms with Gasteiger partial charge in [0, 0.05) is 19.5 Å². The zero-order valence-electron chi connectivity index (χ0n) is 18.5. The van der Waals surface area contributed by atoms with Crippen LogP contribution in [0, 0.1) is 0 Å². The van der Waals surface area contributed by atoms with Gasteiger partial charge in [-0.2, -0.15) is 0 Å². The van der Waals surface area contributed by atoms with Crippen molar-refractivity contribution in [2.75, 3.05) is 6.26 Å². The van der Waals surface area contributed by atoms with Crippen molar-refractivity contribution in [1.82, 2.24) is 4.57 Å². The van der Waals surface area contributed by atoms with E-state index in [9.17, 15) is 13.5 Å². The maximum atomic E-state index is 11.8. The smallest absolute Gasteiger partial charge is 0.190 e. The third-order valence-corrected chi connectivity index (χ3v) is 6.28. The van der Waals surface area contributed by atoms with Crippen LogP contribution < -0.4 is 0 Å². The second kappa shape index (κ2) is 7.58. The number of rotatable bonds is 5. The molecule has 0 bridgehead atoms. The van der Waals surface area contributed by atoms with Gasteiger partial charge in [-0.25, -0.2) is 8.42 Å². The molecule has 0 amide bonds. The van der Waals surface area contributed by atoms with Crippen LogP contribution in [-0.4, -0.2) is 24.3 Å². The minimum absolute atomic E-state index is 0.135. The van der Waals surface area contributed by atoms with Crippen LogP contribution in [0.5, 0.6) is 5.75 Å². The highest BCUT2D eigenvalue weighted by molar-refractivity contribution is 7.90. The lowest BCUT2D eigenvalue weighted by Crippen LogP contribution is -2.18. The van der Waals surface area contributed by atoms with E-state index in [0.29, 0.717) is 10.8 Å². The molecule has 156 valence electrons. The Morgan fingerprint density at radius 3 is 1.75 bits per heavy atom. The van der Waals surface area contributed by atoms with Gasteiger partial charge in [-0.3, -0.25) is 0 Å². The maximum Gasteiger partial charge on any atom is 0.190 e. The van der Waals surface area contributed by atoms with Gasteiger partial charge in [0.05, 0.1) is 0 Å². The summed E-state index contributed by atoms with van der Waals surface area (Å²) in [7, 11) is -1.43. The molecule has 0 unspecified atom stereocenters. The molecule has 0 atom stereocenters. The lowest BCUT2D eigenvalue weighted by molar-refractivity contribution is 0.422. The summed E-state index contributed by atoms with van der Waals surface area (Å²) in [6.07, 6.45) is 5.76. The lowest BCUT2D eigenvalue weighted by atomic mass is 9.78. The molecule has 1 aromatic carbocycles. The van der Waals surface area contributed by atoms with Gasteiger partial charge < -0.3 is 9.67 Å². The second-order valence-electron chi connectivity index (χ2n) is 9.96. The van der Waals surface area contributed by atoms with Gasteiger partial charge in [0.1, 0.15) is 10.8 Å². The van der Waals surface area contributed by atoms with Crippen molar-refractivity contribution in [3.8, 4) is 5.75 Å². The maximum absolute atomic E-state index is 11.8. The first-order valence-corrected chi connectivity index (χ1v) is 11.7. The van der Waals surface area contributed by atoms with Crippen molar-refractivity contribution < 1.29 is 13.5 Å². The van der Waals surface area contributed by atoms with Crippen LogP contribution in [0.4, 0.5) is 0 Å². The second-order valence-corrected chi connectivity index (χ2v) is 11.9. The molecule has 5 heteroatoms. The fraction of sp³-hybridized carbons (Fsp3) is 0.565. The van der Waals surface area contributed by atoms with E-state index in [-0.39, 0.29) is 10.8 Å². The fourth-order valence-corrected chi connectivity index (χ4v) is 4.54. The monoisotopic (exact) mass is 405 g/mol. The summed E-state index contributed by atoms with van der Waals surface area (Å²) in [6.45, 7) is 12.7. The molecule has 1 aromatic heterocycles. The van der Waals surface area contributed by atoms with Gasteiger partial charge >= 0.3 is 0 Å². The predicted octanol–water partition coefficient (Wildman–Crippen LogP) is 4.90. The van der Waals surface area contributed by atoms with Crippen LogP contribution >= 0.6 is 0 Å². The molecule has 28 heavy (non-hydrogen) atoms. The normalized spacial score (nSPS) is 13.1. The van der Waals surface area contributed by atoms with Crippen molar-refractivity contribution in [1.29, 1.82) is 0 Å². The van der Waals surface area contributed by atoms with Gasteiger partial charge in [-0.15, -0.1) is 0 Å². The minimum Gasteiger partial charge on any atom is -0.507 e. The van der Waals surface area contributed by atoms with Gasteiger partial charge in [-0.05, 0) is 58.4 Å². The van der Waals surface area contributed by atoms with Crippen LogP contribution in [0.1, 0.15) is 70.2 Å². The zero-order valence-corrected chi connectivity index (χ0v) is 19.4. The van der Waals surface area contributed by atoms with E-state index in [2.05, 4.69) is 53.7 Å². The van der Waals surface area contributed by atoms with Gasteiger partial charge in [0.2, 0.25) is 0 Å². The minimum atomic E-state index is -3.20. The van der Waals surface area contributed by atoms with Crippen LogP contribution in [0.3, 0.4) is 0 Å². The first kappa shape index (κ1) is 22.5. The molecule has 0 aliphatic carbocycles. The Labute approximate surface area is 170 Å². The molecule has 2 rings (SSSR count). The van der Waals surface area contributed by atoms with E-state index in [4.69, 9.17) is 0 Å². The molecule has 1 heterocycles. The summed E-state index contributed by atoms with van der Waals surface area (Å²) < 4.78 is 25.3. The Morgan fingerprint density at radius 1 is 0.893 bits per heavy atom. The topological polar surface area (TPSA) is 59.3 Å². The number of phenolic OH excluding ortho intramolecular Hbond substituents is 1. The number of sulfone groups is 1. The van der Waals surface area contributed by atoms with Crippen LogP contribution in [0.15, 0.2) is 29.4 Å². The van der Waals surface area contributed by atoms with Crippen molar-refractivity contribution in [2.24, 2.45) is 7.05 Å². The lowest BCUT2D eigenvalue weighted by Gasteiger charge is -2.28. The van der Waals surface area contributed by atoms with E-state index < -0.39 is 9.84 Å². The number of nitrogens with zero attached hydrogens (tertiary/aromatic N) is 1. The van der Waals surface area contributed by atoms with E-state index in [1.807, 2.05) is 6.20 Å². The first-order valence-electron chi connectivity index (χ1n) is 9.83. The molecule has 4 nitrogen and oxygen atoms in total. The van der Waals surface area contributed by atoms with Crippen molar-refractivity contribution >= 4 is 9.84 Å². The molecule has 2 aromatic rings. The molecule has 0 fully saturated rings. The van der Waals surface area contributed by atoms with Crippen molar-refractivity contribution in [3.05, 3.63) is 46.6 Å². The van der Waals surface area contributed by atoms with Gasteiger partial charge in [-0.1, -0.05) is 53.7 Å². The third kappa shape index (κ3) is 5.19. The summed E-state index contributed by atoms with van der Waals surface area (Å²) in [5.41, 5.74) is 3.94.